The highest BCUT2D eigenvalue weighted by Crippen LogP contribution is 2.35. The fourth-order valence-electron chi connectivity index (χ4n) is 2.98. The molecule has 38 heavy (non-hydrogen) atoms. The molecule has 14 heteroatoms. The van der Waals surface area contributed by atoms with Crippen molar-refractivity contribution in [2.75, 3.05) is 10.6 Å². The molecule has 0 unspecified atom stereocenters. The van der Waals surface area contributed by atoms with Crippen LogP contribution in [0.15, 0.2) is 71.1 Å². The zero-order valence-corrected chi connectivity index (χ0v) is 21.6. The smallest absolute Gasteiger partial charge is 0.339 e. The lowest BCUT2D eigenvalue weighted by molar-refractivity contribution is -0.384. The number of halogens is 2. The summed E-state index contributed by atoms with van der Waals surface area (Å²) in [4.78, 5) is 33.8. The first-order chi connectivity index (χ1) is 17.9. The Morgan fingerprint density at radius 3 is 2.11 bits per heavy atom. The van der Waals surface area contributed by atoms with Crippen molar-refractivity contribution in [3.8, 4) is 11.8 Å². The predicted molar refractivity (Wildman–Crippen MR) is 140 cm³/mol. The molecule has 0 saturated carbocycles. The van der Waals surface area contributed by atoms with E-state index in [2.05, 4.69) is 10.6 Å². The van der Waals surface area contributed by atoms with Crippen LogP contribution in [-0.4, -0.2) is 25.2 Å². The van der Waals surface area contributed by atoms with Crippen LogP contribution >= 0.6 is 23.2 Å². The largest absolute Gasteiger partial charge is 0.379 e. The number of nitriles is 1. The van der Waals surface area contributed by atoms with Crippen LogP contribution in [0.1, 0.15) is 12.5 Å². The molecule has 0 aliphatic rings. The number of nitrogens with zero attached hydrogens (tertiary/aromatic N) is 2. The molecule has 0 aliphatic carbocycles. The number of hydrogen-bond donors (Lipinski definition) is 2. The molecule has 0 atom stereocenters. The van der Waals surface area contributed by atoms with Gasteiger partial charge in [-0.1, -0.05) is 35.3 Å². The molecule has 3 aromatic rings. The maximum atomic E-state index is 12.6. The van der Waals surface area contributed by atoms with E-state index in [0.717, 1.165) is 12.1 Å². The van der Waals surface area contributed by atoms with E-state index in [1.54, 1.807) is 6.07 Å². The lowest BCUT2D eigenvalue weighted by Crippen LogP contribution is -2.14. The van der Waals surface area contributed by atoms with Crippen LogP contribution in [-0.2, 0) is 19.7 Å². The van der Waals surface area contributed by atoms with Gasteiger partial charge >= 0.3 is 10.1 Å². The van der Waals surface area contributed by atoms with Gasteiger partial charge in [0, 0.05) is 24.7 Å². The first kappa shape index (κ1) is 28.1. The van der Waals surface area contributed by atoms with Crippen molar-refractivity contribution in [3.05, 3.63) is 92.0 Å². The number of nitro groups is 1. The van der Waals surface area contributed by atoms with E-state index in [0.29, 0.717) is 11.3 Å². The van der Waals surface area contributed by atoms with Gasteiger partial charge in [0.2, 0.25) is 5.91 Å². The fourth-order valence-corrected chi connectivity index (χ4v) is 4.48. The lowest BCUT2D eigenvalue weighted by Gasteiger charge is -2.09. The second kappa shape index (κ2) is 11.7. The summed E-state index contributed by atoms with van der Waals surface area (Å²) < 4.78 is 30.2. The van der Waals surface area contributed by atoms with Crippen molar-refractivity contribution in [3.63, 3.8) is 0 Å². The summed E-state index contributed by atoms with van der Waals surface area (Å²) in [6.45, 7) is 1.32. The molecule has 0 fully saturated rings. The first-order valence-electron chi connectivity index (χ1n) is 10.4. The molecule has 0 heterocycles. The second-order valence-corrected chi connectivity index (χ2v) is 9.84. The van der Waals surface area contributed by atoms with Gasteiger partial charge in [0.05, 0.1) is 20.7 Å². The topological polar surface area (TPSA) is 168 Å². The third-order valence-corrected chi connectivity index (χ3v) is 6.56. The quantitative estimate of drug-likeness (QED) is 0.122. The summed E-state index contributed by atoms with van der Waals surface area (Å²) in [6.07, 6.45) is 1.22. The van der Waals surface area contributed by atoms with Gasteiger partial charge in [0.15, 0.2) is 0 Å². The molecule has 0 aliphatic heterocycles. The van der Waals surface area contributed by atoms with Crippen molar-refractivity contribution in [1.82, 2.24) is 0 Å². The number of anilines is 2. The first-order valence-corrected chi connectivity index (χ1v) is 12.5. The van der Waals surface area contributed by atoms with Crippen molar-refractivity contribution >= 4 is 68.3 Å². The number of amides is 2. The molecule has 0 saturated heterocycles. The average molecular weight is 575 g/mol. The van der Waals surface area contributed by atoms with Gasteiger partial charge in [-0.05, 0) is 48.0 Å². The average Bonchev–Trinajstić information content (AvgIpc) is 2.85. The predicted octanol–water partition coefficient (Wildman–Crippen LogP) is 5.17. The zero-order chi connectivity index (χ0) is 28.0. The molecule has 3 aromatic carbocycles. The number of carbonyl (C=O) groups is 2. The van der Waals surface area contributed by atoms with Crippen LogP contribution in [0.25, 0.3) is 6.08 Å². The van der Waals surface area contributed by atoms with Gasteiger partial charge in [-0.25, -0.2) is 0 Å². The van der Waals surface area contributed by atoms with Crippen LogP contribution < -0.4 is 14.8 Å². The Labute approximate surface area is 226 Å². The summed E-state index contributed by atoms with van der Waals surface area (Å²) in [5, 5.41) is 24.8. The van der Waals surface area contributed by atoms with Crippen LogP contribution in [0.3, 0.4) is 0 Å². The van der Waals surface area contributed by atoms with Crippen LogP contribution in [0.4, 0.5) is 17.1 Å². The number of rotatable bonds is 8. The Bertz CT molecular complexity index is 1580. The summed E-state index contributed by atoms with van der Waals surface area (Å²) in [5.41, 5.74) is -0.0504. The fraction of sp³-hybridized carbons (Fsp3) is 0.0417. The highest BCUT2D eigenvalue weighted by atomic mass is 35.5. The SMILES string of the molecule is CC(=O)Nc1ccc(S(=O)(=O)Oc2ccc(/C=C(\C#N)C(=O)Nc3c(Cl)cc([N+](=O)[O-])cc3Cl)cc2)cc1. The molecule has 0 bridgehead atoms. The Kier molecular flexibility index (Phi) is 8.69. The van der Waals surface area contributed by atoms with Gasteiger partial charge in [0.1, 0.15) is 22.3 Å². The highest BCUT2D eigenvalue weighted by molar-refractivity contribution is 7.87. The van der Waals surface area contributed by atoms with E-state index in [1.807, 2.05) is 0 Å². The summed E-state index contributed by atoms with van der Waals surface area (Å²) >= 11 is 12.0. The van der Waals surface area contributed by atoms with Gasteiger partial charge in [-0.2, -0.15) is 13.7 Å². The zero-order valence-electron chi connectivity index (χ0n) is 19.3. The summed E-state index contributed by atoms with van der Waals surface area (Å²) in [5.74, 6) is -1.21. The van der Waals surface area contributed by atoms with Crippen molar-refractivity contribution in [1.29, 1.82) is 5.26 Å². The normalized spacial score (nSPS) is 11.3. The Morgan fingerprint density at radius 2 is 1.61 bits per heavy atom. The minimum absolute atomic E-state index is 0.0273. The van der Waals surface area contributed by atoms with Crippen molar-refractivity contribution < 1.29 is 27.1 Å². The molecule has 2 amide bonds. The summed E-state index contributed by atoms with van der Waals surface area (Å²) in [7, 11) is -4.18. The number of nitro benzene ring substituents is 1. The minimum Gasteiger partial charge on any atom is -0.379 e. The number of carbonyl (C=O) groups excluding carboxylic acids is 2. The highest BCUT2D eigenvalue weighted by Gasteiger charge is 2.19. The number of benzene rings is 3. The molecule has 0 aromatic heterocycles. The third kappa shape index (κ3) is 7.07. The minimum atomic E-state index is -4.18. The Morgan fingerprint density at radius 1 is 1.03 bits per heavy atom. The molecule has 11 nitrogen and oxygen atoms in total. The molecule has 194 valence electrons. The third-order valence-electron chi connectivity index (χ3n) is 4.70. The lowest BCUT2D eigenvalue weighted by atomic mass is 10.1. The van der Waals surface area contributed by atoms with E-state index in [4.69, 9.17) is 27.4 Å². The van der Waals surface area contributed by atoms with Gasteiger partial charge in [-0.15, -0.1) is 0 Å². The molecule has 3 rings (SSSR count). The molecule has 0 radical (unpaired) electrons. The number of hydrogen-bond acceptors (Lipinski definition) is 8. The molecule has 2 N–H and O–H groups in total. The van der Waals surface area contributed by atoms with Gasteiger partial charge < -0.3 is 14.8 Å². The monoisotopic (exact) mass is 574 g/mol. The van der Waals surface area contributed by atoms with Crippen LogP contribution in [0.2, 0.25) is 10.0 Å². The maximum Gasteiger partial charge on any atom is 0.339 e. The van der Waals surface area contributed by atoms with E-state index >= 15 is 0 Å². The van der Waals surface area contributed by atoms with Crippen LogP contribution in [0, 0.1) is 21.4 Å². The number of non-ortho nitro benzene ring substituents is 1. The van der Waals surface area contributed by atoms with E-state index in [9.17, 15) is 33.4 Å². The Balaban J connectivity index is 1.74. The van der Waals surface area contributed by atoms with E-state index in [-0.39, 0.29) is 43.5 Å². The van der Waals surface area contributed by atoms with E-state index < -0.39 is 20.9 Å². The maximum absolute atomic E-state index is 12.6. The molecule has 0 spiro atoms. The Hall–Kier alpha value is -4.44. The van der Waals surface area contributed by atoms with Gasteiger partial charge in [0.25, 0.3) is 11.6 Å². The standard InChI is InChI=1S/C24H16Cl2N4O7S/c1-14(31)28-17-4-8-20(9-5-17)38(35,36)37-19-6-2-15(3-7-19)10-16(13-27)24(32)29-23-21(25)11-18(30(33)34)12-22(23)26/h2-12H,1H3,(H,28,31)(H,29,32)/b16-10+. The van der Waals surface area contributed by atoms with Crippen LogP contribution in [0.5, 0.6) is 5.75 Å². The van der Waals surface area contributed by atoms with E-state index in [1.165, 1.54) is 61.5 Å². The summed E-state index contributed by atoms with van der Waals surface area (Å²) in [6, 6.07) is 14.6. The molecular weight excluding hydrogens is 559 g/mol. The molecular formula is C24H16Cl2N4O7S. The second-order valence-electron chi connectivity index (χ2n) is 7.48. The van der Waals surface area contributed by atoms with Crippen molar-refractivity contribution in [2.45, 2.75) is 11.8 Å². The van der Waals surface area contributed by atoms with Crippen molar-refractivity contribution in [2.24, 2.45) is 0 Å². The number of nitrogens with one attached hydrogen (secondary N) is 2. The van der Waals surface area contributed by atoms with Gasteiger partial charge in [-0.3, -0.25) is 19.7 Å².